The van der Waals surface area contributed by atoms with Crippen LogP contribution in [0, 0.1) is 6.92 Å². The molecule has 2 aromatic carbocycles. The molecule has 31 heavy (non-hydrogen) atoms. The molecule has 0 spiro atoms. The molecular weight excluding hydrogens is 390 g/mol. The van der Waals surface area contributed by atoms with E-state index in [-0.39, 0.29) is 17.6 Å². The lowest BCUT2D eigenvalue weighted by atomic mass is 9.88. The number of furan rings is 1. The van der Waals surface area contributed by atoms with Crippen LogP contribution in [0.2, 0.25) is 0 Å². The first-order chi connectivity index (χ1) is 14.9. The highest BCUT2D eigenvalue weighted by Gasteiger charge is 2.37. The number of hydrogen-bond acceptors (Lipinski definition) is 4. The van der Waals surface area contributed by atoms with Crippen LogP contribution in [0.4, 0.5) is 0 Å². The molecular formula is C26H29NO4. The molecule has 0 saturated carbocycles. The van der Waals surface area contributed by atoms with Gasteiger partial charge >= 0.3 is 0 Å². The molecule has 1 unspecified atom stereocenters. The molecule has 1 aromatic heterocycles. The van der Waals surface area contributed by atoms with E-state index in [1.807, 2.05) is 36.9 Å². The van der Waals surface area contributed by atoms with Gasteiger partial charge in [0, 0.05) is 42.6 Å². The van der Waals surface area contributed by atoms with Crippen molar-refractivity contribution in [1.29, 1.82) is 0 Å². The van der Waals surface area contributed by atoms with Crippen LogP contribution in [-0.4, -0.2) is 29.6 Å². The van der Waals surface area contributed by atoms with Crippen LogP contribution in [0.3, 0.4) is 0 Å². The Kier molecular flexibility index (Phi) is 4.82. The predicted octanol–water partition coefficient (Wildman–Crippen LogP) is 5.58. The third-order valence-electron chi connectivity index (χ3n) is 6.46. The number of carbonyl (C=O) groups excluding carboxylic acids is 1. The highest BCUT2D eigenvalue weighted by atomic mass is 16.5. The molecule has 0 radical (unpaired) electrons. The summed E-state index contributed by atoms with van der Waals surface area (Å²) in [6.07, 6.45) is 1.53. The van der Waals surface area contributed by atoms with Crippen molar-refractivity contribution in [1.82, 2.24) is 4.90 Å². The molecule has 0 bridgehead atoms. The fourth-order valence-electron chi connectivity index (χ4n) is 5.01. The maximum absolute atomic E-state index is 13.4. The van der Waals surface area contributed by atoms with E-state index in [1.165, 1.54) is 11.1 Å². The first kappa shape index (κ1) is 20.1. The first-order valence-corrected chi connectivity index (χ1v) is 11.1. The van der Waals surface area contributed by atoms with Crippen LogP contribution in [0.5, 0.6) is 5.75 Å². The number of fused-ring (bicyclic) bond motifs is 4. The average molecular weight is 420 g/mol. The summed E-state index contributed by atoms with van der Waals surface area (Å²) in [5, 5.41) is 0.951. The minimum absolute atomic E-state index is 0.0537. The molecule has 5 rings (SSSR count). The van der Waals surface area contributed by atoms with Gasteiger partial charge in [-0.3, -0.25) is 4.79 Å². The molecule has 5 heteroatoms. The lowest BCUT2D eigenvalue weighted by Crippen LogP contribution is -2.36. The van der Waals surface area contributed by atoms with Crippen molar-refractivity contribution in [2.24, 2.45) is 0 Å². The lowest BCUT2D eigenvalue weighted by molar-refractivity contribution is -0.0264. The third-order valence-corrected chi connectivity index (χ3v) is 6.46. The normalized spacial score (nSPS) is 19.6. The van der Waals surface area contributed by atoms with Gasteiger partial charge in [-0.1, -0.05) is 24.3 Å². The van der Waals surface area contributed by atoms with Crippen molar-refractivity contribution < 1.29 is 18.7 Å². The van der Waals surface area contributed by atoms with Gasteiger partial charge in [0.15, 0.2) is 5.76 Å². The Morgan fingerprint density at radius 2 is 1.97 bits per heavy atom. The van der Waals surface area contributed by atoms with E-state index in [0.717, 1.165) is 35.1 Å². The van der Waals surface area contributed by atoms with Crippen LogP contribution >= 0.6 is 0 Å². The summed E-state index contributed by atoms with van der Waals surface area (Å²) in [5.41, 5.74) is 4.80. The highest BCUT2D eigenvalue weighted by Crippen LogP contribution is 2.47. The molecule has 1 amide bonds. The summed E-state index contributed by atoms with van der Waals surface area (Å²) < 4.78 is 18.5. The SMILES string of the molecule is CCOC1CC(C)(C)Oc2ccc3oc(C(=O)N4CCc5ccccc5C4)c(C)c3c21. The molecule has 3 aromatic rings. The Bertz CT molecular complexity index is 1160. The fourth-order valence-corrected chi connectivity index (χ4v) is 5.01. The van der Waals surface area contributed by atoms with Crippen LogP contribution in [0.15, 0.2) is 40.8 Å². The number of ether oxygens (including phenoxy) is 2. The highest BCUT2D eigenvalue weighted by molar-refractivity contribution is 6.00. The smallest absolute Gasteiger partial charge is 0.290 e. The van der Waals surface area contributed by atoms with Crippen molar-refractivity contribution in [3.05, 3.63) is 64.4 Å². The minimum atomic E-state index is -0.308. The third kappa shape index (κ3) is 3.41. The average Bonchev–Trinajstić information content (AvgIpc) is 3.08. The zero-order valence-corrected chi connectivity index (χ0v) is 18.7. The predicted molar refractivity (Wildman–Crippen MR) is 120 cm³/mol. The Labute approximate surface area is 182 Å². The van der Waals surface area contributed by atoms with Gasteiger partial charge in [-0.15, -0.1) is 0 Å². The zero-order chi connectivity index (χ0) is 21.8. The van der Waals surface area contributed by atoms with Gasteiger partial charge in [0.2, 0.25) is 0 Å². The summed E-state index contributed by atoms with van der Waals surface area (Å²) in [4.78, 5) is 15.3. The number of hydrogen-bond donors (Lipinski definition) is 0. The van der Waals surface area contributed by atoms with Crippen molar-refractivity contribution in [2.45, 2.75) is 58.8 Å². The molecule has 2 aliphatic heterocycles. The zero-order valence-electron chi connectivity index (χ0n) is 18.7. The molecule has 0 fully saturated rings. The van der Waals surface area contributed by atoms with Gasteiger partial charge in [-0.25, -0.2) is 0 Å². The van der Waals surface area contributed by atoms with Crippen LogP contribution < -0.4 is 4.74 Å². The summed E-state index contributed by atoms with van der Waals surface area (Å²) in [7, 11) is 0. The second-order valence-corrected chi connectivity index (χ2v) is 9.16. The minimum Gasteiger partial charge on any atom is -0.487 e. The summed E-state index contributed by atoms with van der Waals surface area (Å²) in [6, 6.07) is 12.2. The Morgan fingerprint density at radius 1 is 1.19 bits per heavy atom. The standard InChI is InChI=1S/C26H29NO4/c1-5-29-21-14-26(3,4)31-20-11-10-19-22(23(20)21)16(2)24(30-19)25(28)27-13-12-17-8-6-7-9-18(17)15-27/h6-11,21H,5,12-15H2,1-4H3. The monoisotopic (exact) mass is 419 g/mol. The van der Waals surface area contributed by atoms with E-state index in [9.17, 15) is 4.79 Å². The Morgan fingerprint density at radius 3 is 2.74 bits per heavy atom. The van der Waals surface area contributed by atoms with E-state index in [1.54, 1.807) is 0 Å². The number of amides is 1. The van der Waals surface area contributed by atoms with Crippen LogP contribution in [0.25, 0.3) is 11.0 Å². The number of nitrogens with zero attached hydrogens (tertiary/aromatic N) is 1. The maximum Gasteiger partial charge on any atom is 0.290 e. The number of benzene rings is 2. The molecule has 0 aliphatic carbocycles. The van der Waals surface area contributed by atoms with Gasteiger partial charge < -0.3 is 18.8 Å². The fraction of sp³-hybridized carbons (Fsp3) is 0.423. The Hall–Kier alpha value is -2.79. The summed E-state index contributed by atoms with van der Waals surface area (Å²) in [5.74, 6) is 1.18. The van der Waals surface area contributed by atoms with E-state index in [0.29, 0.717) is 31.0 Å². The lowest BCUT2D eigenvalue weighted by Gasteiger charge is -2.37. The second-order valence-electron chi connectivity index (χ2n) is 9.16. The van der Waals surface area contributed by atoms with Gasteiger partial charge in [-0.2, -0.15) is 0 Å². The summed E-state index contributed by atoms with van der Waals surface area (Å²) >= 11 is 0. The molecule has 0 N–H and O–H groups in total. The van der Waals surface area contributed by atoms with E-state index in [4.69, 9.17) is 13.9 Å². The van der Waals surface area contributed by atoms with E-state index in [2.05, 4.69) is 32.0 Å². The maximum atomic E-state index is 13.4. The topological polar surface area (TPSA) is 51.9 Å². The molecule has 3 heterocycles. The van der Waals surface area contributed by atoms with E-state index < -0.39 is 0 Å². The quantitative estimate of drug-likeness (QED) is 0.556. The van der Waals surface area contributed by atoms with Gasteiger partial charge in [0.1, 0.15) is 16.9 Å². The van der Waals surface area contributed by atoms with Crippen molar-refractivity contribution in [2.75, 3.05) is 13.2 Å². The molecule has 5 nitrogen and oxygen atoms in total. The number of aryl methyl sites for hydroxylation is 1. The largest absolute Gasteiger partial charge is 0.487 e. The molecule has 1 atom stereocenters. The van der Waals surface area contributed by atoms with Crippen molar-refractivity contribution in [3.63, 3.8) is 0 Å². The second kappa shape index (κ2) is 7.41. The first-order valence-electron chi connectivity index (χ1n) is 11.1. The molecule has 162 valence electrons. The van der Waals surface area contributed by atoms with Crippen molar-refractivity contribution >= 4 is 16.9 Å². The summed E-state index contributed by atoms with van der Waals surface area (Å²) in [6.45, 7) is 10.1. The molecule has 2 aliphatic rings. The number of carbonyl (C=O) groups is 1. The Balaban J connectivity index is 1.55. The van der Waals surface area contributed by atoms with Gasteiger partial charge in [0.05, 0.1) is 6.10 Å². The van der Waals surface area contributed by atoms with Crippen LogP contribution in [-0.2, 0) is 17.7 Å². The number of rotatable bonds is 3. The van der Waals surface area contributed by atoms with Gasteiger partial charge in [0.25, 0.3) is 5.91 Å². The van der Waals surface area contributed by atoms with E-state index >= 15 is 0 Å². The van der Waals surface area contributed by atoms with Crippen molar-refractivity contribution in [3.8, 4) is 5.75 Å². The van der Waals surface area contributed by atoms with Gasteiger partial charge in [-0.05, 0) is 57.4 Å². The van der Waals surface area contributed by atoms with Crippen LogP contribution in [0.1, 0.15) is 66.1 Å². The molecule has 0 saturated heterocycles.